The molecule has 104 valence electrons. The molecule has 0 radical (unpaired) electrons. The molecule has 2 heterocycles. The van der Waals surface area contributed by atoms with Crippen LogP contribution in [0.5, 0.6) is 0 Å². The van der Waals surface area contributed by atoms with E-state index in [0.29, 0.717) is 5.92 Å². The summed E-state index contributed by atoms with van der Waals surface area (Å²) >= 11 is 0. The number of fused-ring (bicyclic) bond motifs is 2. The molecule has 4 unspecified atom stereocenters. The van der Waals surface area contributed by atoms with Crippen molar-refractivity contribution in [3.63, 3.8) is 0 Å². The highest BCUT2D eigenvalue weighted by atomic mass is 16.5. The number of benzene rings is 1. The molecule has 1 aromatic carbocycles. The van der Waals surface area contributed by atoms with E-state index in [1.807, 2.05) is 18.2 Å². The third kappa shape index (κ3) is 1.77. The third-order valence-electron chi connectivity index (χ3n) is 4.55. The van der Waals surface area contributed by atoms with Crippen molar-refractivity contribution in [1.82, 2.24) is 10.2 Å². The van der Waals surface area contributed by atoms with Crippen molar-refractivity contribution in [2.24, 2.45) is 11.7 Å². The molecule has 20 heavy (non-hydrogen) atoms. The van der Waals surface area contributed by atoms with E-state index in [0.717, 1.165) is 29.6 Å². The van der Waals surface area contributed by atoms with E-state index in [1.54, 1.807) is 6.20 Å². The predicted octanol–water partition coefficient (Wildman–Crippen LogP) is 1.55. The zero-order chi connectivity index (χ0) is 13.5. The molecular weight excluding hydrogens is 252 g/mol. The molecule has 1 saturated carbocycles. The lowest BCUT2D eigenvalue weighted by Crippen LogP contribution is -2.69. The van der Waals surface area contributed by atoms with Crippen molar-refractivity contribution in [2.75, 3.05) is 11.9 Å². The van der Waals surface area contributed by atoms with Gasteiger partial charge in [-0.3, -0.25) is 0 Å². The minimum Gasteiger partial charge on any atom is -0.376 e. The van der Waals surface area contributed by atoms with E-state index in [1.165, 1.54) is 6.42 Å². The molecule has 0 amide bonds. The fourth-order valence-electron chi connectivity index (χ4n) is 3.42. The van der Waals surface area contributed by atoms with Crippen molar-refractivity contribution in [3.8, 4) is 0 Å². The Kier molecular flexibility index (Phi) is 2.82. The summed E-state index contributed by atoms with van der Waals surface area (Å²) in [5.41, 5.74) is 6.28. The number of ether oxygens (including phenoxy) is 1. The van der Waals surface area contributed by atoms with Crippen LogP contribution in [0.4, 0.5) is 5.82 Å². The highest BCUT2D eigenvalue weighted by Gasteiger charge is 2.50. The minimum atomic E-state index is 0.139. The average Bonchev–Trinajstić information content (AvgIpc) is 2.52. The van der Waals surface area contributed by atoms with Crippen molar-refractivity contribution in [1.29, 1.82) is 0 Å². The van der Waals surface area contributed by atoms with Crippen LogP contribution in [-0.4, -0.2) is 35.0 Å². The van der Waals surface area contributed by atoms with Gasteiger partial charge in [-0.2, -0.15) is 5.10 Å². The smallest absolute Gasteiger partial charge is 0.156 e. The normalized spacial score (nSPS) is 32.5. The number of rotatable bonds is 2. The van der Waals surface area contributed by atoms with Gasteiger partial charge in [0.1, 0.15) is 0 Å². The monoisotopic (exact) mass is 270 g/mol. The third-order valence-corrected chi connectivity index (χ3v) is 4.55. The molecule has 4 atom stereocenters. The van der Waals surface area contributed by atoms with Gasteiger partial charge < -0.3 is 15.8 Å². The van der Waals surface area contributed by atoms with Crippen LogP contribution in [0.25, 0.3) is 10.8 Å². The molecule has 0 spiro atoms. The van der Waals surface area contributed by atoms with Gasteiger partial charge in [-0.05, 0) is 12.8 Å². The number of hydrogen-bond acceptors (Lipinski definition) is 5. The van der Waals surface area contributed by atoms with Gasteiger partial charge in [-0.15, -0.1) is 5.10 Å². The molecule has 1 aromatic heterocycles. The number of aromatic nitrogens is 2. The molecule has 1 aliphatic carbocycles. The number of nitrogens with one attached hydrogen (secondary N) is 1. The Morgan fingerprint density at radius 2 is 2.20 bits per heavy atom. The van der Waals surface area contributed by atoms with E-state index in [4.69, 9.17) is 10.5 Å². The summed E-state index contributed by atoms with van der Waals surface area (Å²) in [6, 6.07) is 8.38. The predicted molar refractivity (Wildman–Crippen MR) is 77.4 cm³/mol. The number of hydrogen-bond donors (Lipinski definition) is 2. The standard InChI is InChI=1S/C15H18N4O/c16-12-11-6-3-7-20-14(11)13(12)18-15-10-5-2-1-4-9(10)8-17-19-15/h1-2,4-5,8,11-14H,3,6-7,16H2,(H,18,19). The van der Waals surface area contributed by atoms with Crippen LogP contribution in [0.15, 0.2) is 30.5 Å². The van der Waals surface area contributed by atoms with E-state index in [9.17, 15) is 0 Å². The maximum Gasteiger partial charge on any atom is 0.156 e. The van der Waals surface area contributed by atoms with Crippen molar-refractivity contribution in [3.05, 3.63) is 30.5 Å². The van der Waals surface area contributed by atoms with Crippen molar-refractivity contribution >= 4 is 16.6 Å². The molecule has 0 bridgehead atoms. The Bertz CT molecular complexity index is 627. The zero-order valence-corrected chi connectivity index (χ0v) is 11.2. The van der Waals surface area contributed by atoms with Crippen LogP contribution >= 0.6 is 0 Å². The van der Waals surface area contributed by atoms with Gasteiger partial charge in [0.05, 0.1) is 18.3 Å². The largest absolute Gasteiger partial charge is 0.376 e. The lowest BCUT2D eigenvalue weighted by atomic mass is 9.68. The topological polar surface area (TPSA) is 73.1 Å². The first-order valence-corrected chi connectivity index (χ1v) is 7.19. The van der Waals surface area contributed by atoms with Gasteiger partial charge in [0.25, 0.3) is 0 Å². The molecule has 5 nitrogen and oxygen atoms in total. The van der Waals surface area contributed by atoms with Crippen LogP contribution in [0, 0.1) is 5.92 Å². The van der Waals surface area contributed by atoms with Crippen LogP contribution in [0.1, 0.15) is 12.8 Å². The summed E-state index contributed by atoms with van der Waals surface area (Å²) in [6.45, 7) is 0.841. The molecule has 4 rings (SSSR count). The second-order valence-corrected chi connectivity index (χ2v) is 5.67. The molecule has 2 aromatic rings. The summed E-state index contributed by atoms with van der Waals surface area (Å²) in [7, 11) is 0. The van der Waals surface area contributed by atoms with Crippen molar-refractivity contribution in [2.45, 2.75) is 31.0 Å². The van der Waals surface area contributed by atoms with Gasteiger partial charge in [0.15, 0.2) is 5.82 Å². The second-order valence-electron chi connectivity index (χ2n) is 5.67. The summed E-state index contributed by atoms with van der Waals surface area (Å²) < 4.78 is 5.85. The summed E-state index contributed by atoms with van der Waals surface area (Å²) in [6.07, 6.45) is 4.29. The Morgan fingerprint density at radius 1 is 1.30 bits per heavy atom. The second kappa shape index (κ2) is 4.68. The molecule has 1 aliphatic heterocycles. The highest BCUT2D eigenvalue weighted by Crippen LogP contribution is 2.38. The number of anilines is 1. The lowest BCUT2D eigenvalue weighted by molar-refractivity contribution is -0.104. The maximum absolute atomic E-state index is 6.28. The summed E-state index contributed by atoms with van der Waals surface area (Å²) in [5.74, 6) is 1.29. The Hall–Kier alpha value is -1.72. The van der Waals surface area contributed by atoms with E-state index in [-0.39, 0.29) is 18.2 Å². The lowest BCUT2D eigenvalue weighted by Gasteiger charge is -2.52. The average molecular weight is 270 g/mol. The van der Waals surface area contributed by atoms with Gasteiger partial charge in [-0.25, -0.2) is 0 Å². The van der Waals surface area contributed by atoms with Gasteiger partial charge in [-0.1, -0.05) is 24.3 Å². The molecule has 2 aliphatic rings. The number of nitrogens with zero attached hydrogens (tertiary/aromatic N) is 2. The number of nitrogens with two attached hydrogens (primary N) is 1. The summed E-state index contributed by atoms with van der Waals surface area (Å²) in [5, 5.41) is 13.9. The van der Waals surface area contributed by atoms with Crippen LogP contribution in [-0.2, 0) is 4.74 Å². The van der Waals surface area contributed by atoms with Gasteiger partial charge >= 0.3 is 0 Å². The first-order chi connectivity index (χ1) is 9.84. The van der Waals surface area contributed by atoms with Gasteiger partial charge in [0, 0.05) is 29.3 Å². The Labute approximate surface area is 117 Å². The zero-order valence-electron chi connectivity index (χ0n) is 11.2. The van der Waals surface area contributed by atoms with E-state index < -0.39 is 0 Å². The van der Waals surface area contributed by atoms with Crippen molar-refractivity contribution < 1.29 is 4.74 Å². The fourth-order valence-corrected chi connectivity index (χ4v) is 3.42. The molecule has 2 fully saturated rings. The highest BCUT2D eigenvalue weighted by molar-refractivity contribution is 5.91. The van der Waals surface area contributed by atoms with E-state index in [2.05, 4.69) is 21.6 Å². The van der Waals surface area contributed by atoms with Crippen LogP contribution in [0.3, 0.4) is 0 Å². The first kappa shape index (κ1) is 12.1. The Balaban J connectivity index is 1.62. The maximum atomic E-state index is 6.28. The quantitative estimate of drug-likeness (QED) is 0.866. The summed E-state index contributed by atoms with van der Waals surface area (Å²) in [4.78, 5) is 0. The first-order valence-electron chi connectivity index (χ1n) is 7.19. The van der Waals surface area contributed by atoms with Crippen LogP contribution in [0.2, 0.25) is 0 Å². The van der Waals surface area contributed by atoms with Gasteiger partial charge in [0.2, 0.25) is 0 Å². The van der Waals surface area contributed by atoms with E-state index >= 15 is 0 Å². The minimum absolute atomic E-state index is 0.139. The molecular formula is C15H18N4O. The van der Waals surface area contributed by atoms with Crippen LogP contribution < -0.4 is 11.1 Å². The Morgan fingerprint density at radius 3 is 3.15 bits per heavy atom. The SMILES string of the molecule is NC1C2CCCOC2C1Nc1nncc2ccccc12. The molecule has 5 heteroatoms. The molecule has 1 saturated heterocycles. The fraction of sp³-hybridized carbons (Fsp3) is 0.467. The molecule has 3 N–H and O–H groups in total.